The molecule has 0 fully saturated rings. The maximum Gasteiger partial charge on any atom is 0.348 e. The fraction of sp³-hybridized carbons (Fsp3) is 0. The van der Waals surface area contributed by atoms with Gasteiger partial charge in [-0.05, 0) is 36.4 Å². The molecule has 116 valence electrons. The zero-order valence-corrected chi connectivity index (χ0v) is 13.4. The van der Waals surface area contributed by atoms with Crippen molar-refractivity contribution < 1.29 is 26.0 Å². The first-order chi connectivity index (χ1) is 10.2. The summed E-state index contributed by atoms with van der Waals surface area (Å²) in [6.45, 7) is 0. The van der Waals surface area contributed by atoms with E-state index in [2.05, 4.69) is 0 Å². The number of rotatable bonds is 5. The van der Waals surface area contributed by atoms with Crippen LogP contribution in [0.2, 0.25) is 0 Å². The van der Waals surface area contributed by atoms with Gasteiger partial charge in [-0.2, -0.15) is 0 Å². The molecule has 0 aliphatic heterocycles. The third-order valence-corrected chi connectivity index (χ3v) is 6.89. The van der Waals surface area contributed by atoms with Gasteiger partial charge in [0.25, 0.3) is 20.0 Å². The van der Waals surface area contributed by atoms with E-state index in [1.165, 1.54) is 24.3 Å². The average Bonchev–Trinajstić information content (AvgIpc) is 2.47. The van der Waals surface area contributed by atoms with Gasteiger partial charge in [-0.1, -0.05) is 18.2 Å². The summed E-state index contributed by atoms with van der Waals surface area (Å²) in [6, 6.07) is 11.2. The van der Waals surface area contributed by atoms with Gasteiger partial charge < -0.3 is 0 Å². The van der Waals surface area contributed by atoms with Gasteiger partial charge in [0.05, 0.1) is 15.1 Å². The highest BCUT2D eigenvalue weighted by Gasteiger charge is 2.24. The Bertz CT molecular complexity index is 940. The minimum atomic E-state index is -4.34. The number of hydrogen-bond donors (Lipinski definition) is 1. The molecule has 1 N–H and O–H groups in total. The van der Waals surface area contributed by atoms with Crippen molar-refractivity contribution in [2.75, 3.05) is 0 Å². The Morgan fingerprint density at radius 2 is 1.14 bits per heavy atom. The Morgan fingerprint density at radius 3 is 1.59 bits per heavy atom. The van der Waals surface area contributed by atoms with Gasteiger partial charge in [0.1, 0.15) is 0 Å². The third kappa shape index (κ3) is 3.69. The topological polar surface area (TPSA) is 114 Å². The van der Waals surface area contributed by atoms with Crippen LogP contribution >= 0.6 is 7.68 Å². The predicted molar refractivity (Wildman–Crippen MR) is 78.3 cm³/mol. The van der Waals surface area contributed by atoms with Crippen molar-refractivity contribution in [2.24, 2.45) is 0 Å². The summed E-state index contributed by atoms with van der Waals surface area (Å²) in [5.74, 6) is 0. The van der Waals surface area contributed by atoms with Crippen LogP contribution < -0.4 is 9.43 Å². The molecule has 0 bridgehead atoms. The Labute approximate surface area is 127 Å². The van der Waals surface area contributed by atoms with Gasteiger partial charge in [0, 0.05) is 0 Å². The van der Waals surface area contributed by atoms with Crippen LogP contribution in [-0.2, 0) is 29.2 Å². The summed E-state index contributed by atoms with van der Waals surface area (Å²) in [6.07, 6.45) is 0. The fourth-order valence-electron chi connectivity index (χ4n) is 1.59. The van der Waals surface area contributed by atoms with Crippen LogP contribution in [-0.4, -0.2) is 16.8 Å². The molecular formula is C12H10NO6PS2. The molecule has 0 saturated carbocycles. The Hall–Kier alpha value is -1.80. The third-order valence-electron chi connectivity index (χ3n) is 2.63. The number of sulfonamides is 2. The molecule has 2 rings (SSSR count). The summed E-state index contributed by atoms with van der Waals surface area (Å²) >= 11 is 0. The largest absolute Gasteiger partial charge is 0.348 e. The highest BCUT2D eigenvalue weighted by Crippen LogP contribution is 2.14. The van der Waals surface area contributed by atoms with E-state index in [1.807, 2.05) is 0 Å². The van der Waals surface area contributed by atoms with E-state index in [1.54, 1.807) is 10.2 Å². The van der Waals surface area contributed by atoms with Crippen molar-refractivity contribution in [3.63, 3.8) is 0 Å². The number of benzene rings is 2. The van der Waals surface area contributed by atoms with Crippen LogP contribution in [0.25, 0.3) is 0 Å². The standard InChI is InChI=1S/C12H10NO6PS2/c14-20(15)10-6-8-12(9-7-10)22(18,19)13-21(16,17)11-4-2-1-3-5-11/h1-9,13H. The molecule has 0 heterocycles. The van der Waals surface area contributed by atoms with Gasteiger partial charge in [-0.3, -0.25) is 0 Å². The summed E-state index contributed by atoms with van der Waals surface area (Å²) < 4.78 is 71.3. The molecule has 22 heavy (non-hydrogen) atoms. The smallest absolute Gasteiger partial charge is 0.232 e. The van der Waals surface area contributed by atoms with E-state index in [-0.39, 0.29) is 15.1 Å². The first kappa shape index (κ1) is 16.6. The summed E-state index contributed by atoms with van der Waals surface area (Å²) in [4.78, 5) is -0.551. The van der Waals surface area contributed by atoms with E-state index in [0.29, 0.717) is 0 Å². The molecule has 0 aliphatic carbocycles. The van der Waals surface area contributed by atoms with Gasteiger partial charge in [-0.15, -0.1) is 4.13 Å². The molecule has 0 radical (unpaired) electrons. The van der Waals surface area contributed by atoms with Crippen LogP contribution in [0.5, 0.6) is 0 Å². The van der Waals surface area contributed by atoms with E-state index in [9.17, 15) is 26.0 Å². The van der Waals surface area contributed by atoms with E-state index < -0.39 is 27.7 Å². The molecule has 0 atom stereocenters. The Kier molecular flexibility index (Phi) is 4.62. The molecule has 0 saturated heterocycles. The lowest BCUT2D eigenvalue weighted by Gasteiger charge is -2.07. The molecule has 0 aromatic heterocycles. The van der Waals surface area contributed by atoms with E-state index in [0.717, 1.165) is 24.3 Å². The Morgan fingerprint density at radius 1 is 0.682 bits per heavy atom. The molecule has 0 aliphatic rings. The lowest BCUT2D eigenvalue weighted by molar-refractivity contribution is 0.522. The molecule has 7 nitrogen and oxygen atoms in total. The Balaban J connectivity index is 2.35. The minimum Gasteiger partial charge on any atom is -0.232 e. The van der Waals surface area contributed by atoms with E-state index >= 15 is 0 Å². The maximum atomic E-state index is 12.1. The van der Waals surface area contributed by atoms with Crippen LogP contribution in [0, 0.1) is 0 Å². The quantitative estimate of drug-likeness (QED) is 0.801. The lowest BCUT2D eigenvalue weighted by Crippen LogP contribution is -2.30. The summed E-state index contributed by atoms with van der Waals surface area (Å²) in [5.41, 5.74) is 0. The fourth-order valence-corrected chi connectivity index (χ4v) is 4.91. The highest BCUT2D eigenvalue weighted by atomic mass is 32.3. The second kappa shape index (κ2) is 6.13. The van der Waals surface area contributed by atoms with Gasteiger partial charge in [0.15, 0.2) is 0 Å². The first-order valence-electron chi connectivity index (χ1n) is 5.80. The highest BCUT2D eigenvalue weighted by molar-refractivity contribution is 8.04. The SMILES string of the molecule is O=P(=O)c1ccc(S(=O)(=O)NS(=O)(=O)c2ccccc2)cc1. The average molecular weight is 359 g/mol. The normalized spacial score (nSPS) is 12.0. The molecular weight excluding hydrogens is 349 g/mol. The minimum absolute atomic E-state index is 0.0696. The van der Waals surface area contributed by atoms with Crippen molar-refractivity contribution in [1.82, 2.24) is 4.13 Å². The van der Waals surface area contributed by atoms with Crippen molar-refractivity contribution in [3.05, 3.63) is 54.6 Å². The molecule has 0 amide bonds. The summed E-state index contributed by atoms with van der Waals surface area (Å²) in [5, 5.41) is -0.0696. The van der Waals surface area contributed by atoms with Crippen molar-refractivity contribution in [1.29, 1.82) is 0 Å². The van der Waals surface area contributed by atoms with Crippen molar-refractivity contribution >= 4 is 33.0 Å². The van der Waals surface area contributed by atoms with Crippen molar-refractivity contribution in [2.45, 2.75) is 9.79 Å². The summed E-state index contributed by atoms with van der Waals surface area (Å²) in [7, 11) is -11.4. The monoisotopic (exact) mass is 359 g/mol. The van der Waals surface area contributed by atoms with Gasteiger partial charge in [-0.25, -0.2) is 26.0 Å². The van der Waals surface area contributed by atoms with Crippen molar-refractivity contribution in [3.8, 4) is 0 Å². The molecule has 0 spiro atoms. The zero-order chi connectivity index (χ0) is 16.4. The molecule has 10 heteroatoms. The van der Waals surface area contributed by atoms with Crippen LogP contribution in [0.4, 0.5) is 0 Å². The zero-order valence-electron chi connectivity index (χ0n) is 10.9. The number of hydrogen-bond acceptors (Lipinski definition) is 6. The lowest BCUT2D eigenvalue weighted by atomic mass is 10.4. The first-order valence-corrected chi connectivity index (χ1v) is 9.95. The van der Waals surface area contributed by atoms with Crippen LogP contribution in [0.15, 0.2) is 64.4 Å². The van der Waals surface area contributed by atoms with Gasteiger partial charge >= 0.3 is 7.68 Å². The number of nitrogens with one attached hydrogen (secondary N) is 1. The molecule has 2 aromatic carbocycles. The van der Waals surface area contributed by atoms with Crippen LogP contribution in [0.3, 0.4) is 0 Å². The predicted octanol–water partition coefficient (Wildman–Crippen LogP) is 1.15. The van der Waals surface area contributed by atoms with Gasteiger partial charge in [0.2, 0.25) is 0 Å². The molecule has 2 aromatic rings. The molecule has 0 unspecified atom stereocenters. The second-order valence-corrected chi connectivity index (χ2v) is 8.81. The van der Waals surface area contributed by atoms with Crippen LogP contribution in [0.1, 0.15) is 0 Å². The van der Waals surface area contributed by atoms with E-state index in [4.69, 9.17) is 0 Å². The second-order valence-electron chi connectivity index (χ2n) is 4.15. The maximum absolute atomic E-state index is 12.1.